The average Bonchev–Trinajstić information content (AvgIpc) is 2.16. The monoisotopic (exact) mass is 191 g/mol. The molecule has 65 valence electrons. The van der Waals surface area contributed by atoms with Gasteiger partial charge in [-0.2, -0.15) is 0 Å². The highest BCUT2D eigenvalue weighted by molar-refractivity contribution is 6.31. The lowest BCUT2D eigenvalue weighted by Gasteiger charge is -2.03. The summed E-state index contributed by atoms with van der Waals surface area (Å²) in [6.07, 6.45) is 0. The predicted molar refractivity (Wildman–Crippen MR) is 54.3 cm³/mol. The fraction of sp³-hybridized carbons (Fsp3) is 0.0909. The first-order valence-corrected chi connectivity index (χ1v) is 4.33. The molecule has 0 saturated carbocycles. The molecular weight excluding hydrogens is 184 g/mol. The molecule has 2 aromatic rings. The third-order valence-electron chi connectivity index (χ3n) is 1.94. The van der Waals surface area contributed by atoms with E-state index in [0.29, 0.717) is 0 Å². The molecule has 0 unspecified atom stereocenters. The molecule has 0 aliphatic heterocycles. The number of rotatable bonds is 1. The highest BCUT2D eigenvalue weighted by atomic mass is 35.5. The second-order valence-electron chi connectivity index (χ2n) is 2.74. The van der Waals surface area contributed by atoms with Crippen LogP contribution in [0.1, 0.15) is 0 Å². The molecule has 2 rings (SSSR count). The van der Waals surface area contributed by atoms with Crippen LogP contribution in [0.15, 0.2) is 30.3 Å². The van der Waals surface area contributed by atoms with Crippen LogP contribution in [0.4, 0.5) is 0 Å². The number of halogens is 1. The molecule has 0 atom stereocenters. The Morgan fingerprint density at radius 1 is 1.31 bits per heavy atom. The molecule has 0 aromatic heterocycles. The number of ether oxygens (including phenoxy) is 1. The lowest BCUT2D eigenvalue weighted by Crippen LogP contribution is -1.84. The van der Waals surface area contributed by atoms with Crippen LogP contribution in [0.5, 0.6) is 5.75 Å². The molecule has 0 saturated heterocycles. The van der Waals surface area contributed by atoms with Crippen LogP contribution in [-0.4, -0.2) is 7.11 Å². The molecule has 13 heavy (non-hydrogen) atoms. The predicted octanol–water partition coefficient (Wildman–Crippen LogP) is 3.30. The maximum Gasteiger partial charge on any atom is 0.134 e. The minimum absolute atomic E-state index is 0.737. The molecule has 0 aliphatic carbocycles. The molecule has 2 aromatic carbocycles. The quantitative estimate of drug-likeness (QED) is 0.672. The first kappa shape index (κ1) is 8.39. The van der Waals surface area contributed by atoms with Gasteiger partial charge in [-0.15, -0.1) is 0 Å². The van der Waals surface area contributed by atoms with Crippen LogP contribution in [0.3, 0.4) is 0 Å². The van der Waals surface area contributed by atoms with Gasteiger partial charge in [-0.3, -0.25) is 0 Å². The lowest BCUT2D eigenvalue weighted by molar-refractivity contribution is 0.419. The maximum atomic E-state index is 5.86. The van der Waals surface area contributed by atoms with Crippen molar-refractivity contribution < 1.29 is 4.74 Å². The van der Waals surface area contributed by atoms with Gasteiger partial charge < -0.3 is 4.74 Å². The molecule has 1 nitrogen and oxygen atoms in total. The van der Waals surface area contributed by atoms with Crippen LogP contribution < -0.4 is 4.74 Å². The Kier molecular flexibility index (Phi) is 2.11. The minimum Gasteiger partial charge on any atom is -0.495 e. The highest BCUT2D eigenvalue weighted by Gasteiger charge is 2.00. The normalized spacial score (nSPS) is 10.3. The first-order chi connectivity index (χ1) is 6.31. The van der Waals surface area contributed by atoms with Gasteiger partial charge in [0.15, 0.2) is 0 Å². The number of fused-ring (bicyclic) bond motifs is 1. The summed E-state index contributed by atoms with van der Waals surface area (Å²) in [5.41, 5.74) is 0. The van der Waals surface area contributed by atoms with E-state index in [1.165, 1.54) is 0 Å². The van der Waals surface area contributed by atoms with E-state index in [0.717, 1.165) is 21.5 Å². The number of hydrogen-bond donors (Lipinski definition) is 0. The smallest absolute Gasteiger partial charge is 0.134 e. The Morgan fingerprint density at radius 2 is 2.15 bits per heavy atom. The second-order valence-corrected chi connectivity index (χ2v) is 3.18. The standard InChI is InChI=1S/C11H8ClO/c1-13-11-4-2-3-8-7-9(12)5-6-10(8)11/h2-3,5-7H,1H3. The van der Waals surface area contributed by atoms with Gasteiger partial charge in [0, 0.05) is 16.5 Å². The van der Waals surface area contributed by atoms with Crippen LogP contribution in [-0.2, 0) is 0 Å². The molecule has 0 N–H and O–H groups in total. The van der Waals surface area contributed by atoms with Gasteiger partial charge in [0.2, 0.25) is 0 Å². The maximum absolute atomic E-state index is 5.86. The van der Waals surface area contributed by atoms with Gasteiger partial charge in [0.05, 0.1) is 7.11 Å². The minimum atomic E-state index is 0.737. The molecule has 1 radical (unpaired) electrons. The SMILES string of the molecule is COc1[c]ccc2cc(Cl)ccc12. The van der Waals surface area contributed by atoms with E-state index < -0.39 is 0 Å². The second kappa shape index (κ2) is 3.27. The molecule has 0 fully saturated rings. The molecule has 0 amide bonds. The number of benzene rings is 2. The zero-order chi connectivity index (χ0) is 9.26. The summed E-state index contributed by atoms with van der Waals surface area (Å²) in [7, 11) is 1.64. The first-order valence-electron chi connectivity index (χ1n) is 3.95. The fourth-order valence-electron chi connectivity index (χ4n) is 1.33. The van der Waals surface area contributed by atoms with Crippen molar-refractivity contribution >= 4 is 22.4 Å². The van der Waals surface area contributed by atoms with Gasteiger partial charge in [-0.1, -0.05) is 17.7 Å². The highest BCUT2D eigenvalue weighted by Crippen LogP contribution is 2.26. The van der Waals surface area contributed by atoms with Crippen molar-refractivity contribution in [3.63, 3.8) is 0 Å². The Morgan fingerprint density at radius 3 is 2.92 bits per heavy atom. The van der Waals surface area contributed by atoms with Gasteiger partial charge in [0.25, 0.3) is 0 Å². The van der Waals surface area contributed by atoms with Crippen molar-refractivity contribution in [2.45, 2.75) is 0 Å². The summed E-state index contributed by atoms with van der Waals surface area (Å²) in [6, 6.07) is 12.5. The third-order valence-corrected chi connectivity index (χ3v) is 2.17. The molecule has 0 spiro atoms. The van der Waals surface area contributed by atoms with E-state index in [2.05, 4.69) is 6.07 Å². The average molecular weight is 192 g/mol. The molecule has 0 heterocycles. The van der Waals surface area contributed by atoms with Gasteiger partial charge in [-0.05, 0) is 29.7 Å². The zero-order valence-electron chi connectivity index (χ0n) is 7.17. The van der Waals surface area contributed by atoms with E-state index in [1.807, 2.05) is 30.3 Å². The van der Waals surface area contributed by atoms with Crippen molar-refractivity contribution in [2.24, 2.45) is 0 Å². The Labute approximate surface area is 81.9 Å². The summed E-state index contributed by atoms with van der Waals surface area (Å²) in [6.45, 7) is 0. The van der Waals surface area contributed by atoms with E-state index in [9.17, 15) is 0 Å². The van der Waals surface area contributed by atoms with E-state index in [-0.39, 0.29) is 0 Å². The Hall–Kier alpha value is -1.21. The van der Waals surface area contributed by atoms with Crippen LogP contribution in [0.2, 0.25) is 5.02 Å². The van der Waals surface area contributed by atoms with Crippen molar-refractivity contribution in [2.75, 3.05) is 7.11 Å². The van der Waals surface area contributed by atoms with Crippen LogP contribution >= 0.6 is 11.6 Å². The molecular formula is C11H8ClO. The topological polar surface area (TPSA) is 9.23 Å². The largest absolute Gasteiger partial charge is 0.495 e. The summed E-state index contributed by atoms with van der Waals surface area (Å²) in [4.78, 5) is 0. The summed E-state index contributed by atoms with van der Waals surface area (Å²) in [5.74, 6) is 0.758. The van der Waals surface area contributed by atoms with Crippen LogP contribution in [0.25, 0.3) is 10.8 Å². The van der Waals surface area contributed by atoms with Crippen LogP contribution in [0, 0.1) is 6.07 Å². The number of hydrogen-bond acceptors (Lipinski definition) is 1. The van der Waals surface area contributed by atoms with E-state index in [4.69, 9.17) is 16.3 Å². The Balaban J connectivity index is 2.77. The van der Waals surface area contributed by atoms with Crippen molar-refractivity contribution in [3.05, 3.63) is 41.4 Å². The lowest BCUT2D eigenvalue weighted by atomic mass is 10.1. The van der Waals surface area contributed by atoms with Crippen molar-refractivity contribution in [1.82, 2.24) is 0 Å². The molecule has 0 bridgehead atoms. The van der Waals surface area contributed by atoms with Crippen molar-refractivity contribution in [1.29, 1.82) is 0 Å². The Bertz CT molecular complexity index is 437. The fourth-order valence-corrected chi connectivity index (χ4v) is 1.51. The third kappa shape index (κ3) is 1.47. The van der Waals surface area contributed by atoms with Crippen molar-refractivity contribution in [3.8, 4) is 5.75 Å². The van der Waals surface area contributed by atoms with Gasteiger partial charge >= 0.3 is 0 Å². The number of methoxy groups -OCH3 is 1. The summed E-state index contributed by atoms with van der Waals surface area (Å²) >= 11 is 5.86. The van der Waals surface area contributed by atoms with Gasteiger partial charge in [-0.25, -0.2) is 0 Å². The zero-order valence-corrected chi connectivity index (χ0v) is 7.93. The van der Waals surface area contributed by atoms with Gasteiger partial charge in [0.1, 0.15) is 5.75 Å². The molecule has 0 aliphatic rings. The van der Waals surface area contributed by atoms with E-state index >= 15 is 0 Å². The van der Waals surface area contributed by atoms with E-state index in [1.54, 1.807) is 7.11 Å². The summed E-state index contributed by atoms with van der Waals surface area (Å²) < 4.78 is 5.17. The summed E-state index contributed by atoms with van der Waals surface area (Å²) in [5, 5.41) is 2.85. The molecule has 2 heteroatoms.